The number of rotatable bonds is 2. The van der Waals surface area contributed by atoms with Gasteiger partial charge in [0.2, 0.25) is 0 Å². The van der Waals surface area contributed by atoms with E-state index >= 15 is 0 Å². The first-order valence-corrected chi connectivity index (χ1v) is 7.80. The Labute approximate surface area is 148 Å². The highest BCUT2D eigenvalue weighted by molar-refractivity contribution is 5.99. The number of benzene rings is 3. The lowest BCUT2D eigenvalue weighted by Gasteiger charge is -2.39. The predicted molar refractivity (Wildman–Crippen MR) is 106 cm³/mol. The third-order valence-corrected chi connectivity index (χ3v) is 4.38. The van der Waals surface area contributed by atoms with E-state index in [9.17, 15) is 0 Å². The molecule has 3 nitrogen and oxygen atoms in total. The maximum absolute atomic E-state index is 3.31. The minimum atomic E-state index is 0. The summed E-state index contributed by atoms with van der Waals surface area (Å²) in [6, 6.07) is 25.5. The molecule has 1 N–H and O–H groups in total. The molecule has 0 saturated carbocycles. The molecule has 0 aliphatic carbocycles. The van der Waals surface area contributed by atoms with E-state index in [1.54, 1.807) is 0 Å². The van der Waals surface area contributed by atoms with Crippen LogP contribution in [0.3, 0.4) is 0 Å². The van der Waals surface area contributed by atoms with Crippen LogP contribution in [0.4, 0.5) is 34.1 Å². The Morgan fingerprint density at radius 1 is 0.625 bits per heavy atom. The molecule has 1 aliphatic heterocycles. The average Bonchev–Trinajstić information content (AvgIpc) is 2.62. The Kier molecular flexibility index (Phi) is 4.36. The molecule has 1 aliphatic rings. The topological polar surface area (TPSA) is 18.5 Å². The summed E-state index contributed by atoms with van der Waals surface area (Å²) in [4.78, 5) is 4.58. The van der Waals surface area contributed by atoms with E-state index in [-0.39, 0.29) is 12.4 Å². The minimum Gasteiger partial charge on any atom is -0.386 e. The second-order valence-corrected chi connectivity index (χ2v) is 5.64. The smallest absolute Gasteiger partial charge is 0.0700 e. The van der Waals surface area contributed by atoms with Crippen LogP contribution in [0.15, 0.2) is 72.8 Å². The van der Waals surface area contributed by atoms with E-state index in [1.807, 2.05) is 7.05 Å². The molecule has 0 saturated heterocycles. The van der Waals surface area contributed by atoms with Gasteiger partial charge in [-0.3, -0.25) is 0 Å². The highest BCUT2D eigenvalue weighted by Gasteiger charge is 2.27. The summed E-state index contributed by atoms with van der Waals surface area (Å²) in [6.45, 7) is 0. The lowest BCUT2D eigenvalue weighted by Crippen LogP contribution is -2.24. The molecule has 0 fully saturated rings. The Hall–Kier alpha value is -2.65. The number of hydrogen-bond acceptors (Lipinski definition) is 3. The summed E-state index contributed by atoms with van der Waals surface area (Å²) >= 11 is 0. The largest absolute Gasteiger partial charge is 0.386 e. The molecule has 0 aromatic heterocycles. The quantitative estimate of drug-likeness (QED) is 0.647. The summed E-state index contributed by atoms with van der Waals surface area (Å²) in [7, 11) is 4.09. The number of anilines is 6. The van der Waals surface area contributed by atoms with Gasteiger partial charge in [0.1, 0.15) is 0 Å². The summed E-state index contributed by atoms with van der Waals surface area (Å²) in [5, 5.41) is 3.31. The maximum Gasteiger partial charge on any atom is 0.0700 e. The molecule has 0 radical (unpaired) electrons. The normalized spacial score (nSPS) is 12.1. The van der Waals surface area contributed by atoms with Gasteiger partial charge in [-0.05, 0) is 36.4 Å². The van der Waals surface area contributed by atoms with Crippen LogP contribution in [-0.2, 0) is 0 Å². The summed E-state index contributed by atoms with van der Waals surface area (Å²) in [5.41, 5.74) is 7.06. The molecule has 0 spiro atoms. The van der Waals surface area contributed by atoms with Crippen LogP contribution in [0, 0.1) is 0 Å². The standard InChI is InChI=1S/C20H19N3.ClH/c1-21-15-9-3-4-10-16(15)23-19-13-7-5-11-17(19)22(2)18-12-6-8-14-20(18)23;/h3-14,21H,1-2H3;1H. The average molecular weight is 338 g/mol. The lowest BCUT2D eigenvalue weighted by atomic mass is 10.1. The van der Waals surface area contributed by atoms with Crippen molar-refractivity contribution in [2.45, 2.75) is 0 Å². The molecule has 0 atom stereocenters. The molecule has 0 amide bonds. The third kappa shape index (κ3) is 2.38. The van der Waals surface area contributed by atoms with E-state index < -0.39 is 0 Å². The van der Waals surface area contributed by atoms with Crippen molar-refractivity contribution in [3.8, 4) is 0 Å². The van der Waals surface area contributed by atoms with E-state index in [4.69, 9.17) is 0 Å². The van der Waals surface area contributed by atoms with Gasteiger partial charge in [0.25, 0.3) is 0 Å². The van der Waals surface area contributed by atoms with Gasteiger partial charge in [0.05, 0.1) is 34.1 Å². The van der Waals surface area contributed by atoms with Gasteiger partial charge in [-0.1, -0.05) is 36.4 Å². The number of hydrogen-bond donors (Lipinski definition) is 1. The Bertz CT molecular complexity index is 800. The van der Waals surface area contributed by atoms with E-state index in [1.165, 1.54) is 22.7 Å². The number of nitrogens with zero attached hydrogens (tertiary/aromatic N) is 2. The number of halogens is 1. The summed E-state index contributed by atoms with van der Waals surface area (Å²) in [5.74, 6) is 0. The minimum absolute atomic E-state index is 0. The zero-order valence-electron chi connectivity index (χ0n) is 13.7. The van der Waals surface area contributed by atoms with Crippen LogP contribution in [0.2, 0.25) is 0 Å². The van der Waals surface area contributed by atoms with Crippen LogP contribution in [-0.4, -0.2) is 14.1 Å². The van der Waals surface area contributed by atoms with Gasteiger partial charge in [-0.25, -0.2) is 0 Å². The van der Waals surface area contributed by atoms with Gasteiger partial charge in [-0.15, -0.1) is 12.4 Å². The first-order valence-electron chi connectivity index (χ1n) is 7.80. The second-order valence-electron chi connectivity index (χ2n) is 5.64. The molecule has 3 aromatic rings. The van der Waals surface area contributed by atoms with Gasteiger partial charge in [-0.2, -0.15) is 0 Å². The van der Waals surface area contributed by atoms with Crippen molar-refractivity contribution in [2.24, 2.45) is 0 Å². The maximum atomic E-state index is 3.31. The van der Waals surface area contributed by atoms with Crippen LogP contribution in [0.1, 0.15) is 0 Å². The number of nitrogens with one attached hydrogen (secondary N) is 1. The number of fused-ring (bicyclic) bond motifs is 2. The fourth-order valence-electron chi connectivity index (χ4n) is 3.27. The van der Waals surface area contributed by atoms with Crippen LogP contribution in [0.5, 0.6) is 0 Å². The second kappa shape index (κ2) is 6.46. The predicted octanol–water partition coefficient (Wildman–Crippen LogP) is 5.70. The first-order chi connectivity index (χ1) is 11.3. The molecule has 3 aromatic carbocycles. The molecule has 0 unspecified atom stereocenters. The zero-order chi connectivity index (χ0) is 15.8. The molecule has 4 rings (SSSR count). The lowest BCUT2D eigenvalue weighted by molar-refractivity contribution is 1.13. The molecule has 4 heteroatoms. The Balaban J connectivity index is 0.00000169. The van der Waals surface area contributed by atoms with Crippen LogP contribution < -0.4 is 15.1 Å². The van der Waals surface area contributed by atoms with Crippen molar-refractivity contribution < 1.29 is 0 Å². The van der Waals surface area contributed by atoms with Crippen LogP contribution >= 0.6 is 12.4 Å². The molecule has 0 bridgehead atoms. The van der Waals surface area contributed by atoms with Gasteiger partial charge in [0.15, 0.2) is 0 Å². The SMILES string of the molecule is CNc1ccccc1N1c2ccccc2N(C)c2ccccc21.Cl. The van der Waals surface area contributed by atoms with E-state index in [0.717, 1.165) is 11.4 Å². The first kappa shape index (κ1) is 16.2. The van der Waals surface area contributed by atoms with E-state index in [2.05, 4.69) is 95.0 Å². The monoisotopic (exact) mass is 337 g/mol. The van der Waals surface area contributed by atoms with Crippen molar-refractivity contribution >= 4 is 46.5 Å². The van der Waals surface area contributed by atoms with Crippen molar-refractivity contribution in [2.75, 3.05) is 29.2 Å². The Morgan fingerprint density at radius 3 is 1.54 bits per heavy atom. The van der Waals surface area contributed by atoms with Crippen molar-refractivity contribution in [1.82, 2.24) is 0 Å². The fourth-order valence-corrected chi connectivity index (χ4v) is 3.27. The van der Waals surface area contributed by atoms with Crippen molar-refractivity contribution in [3.05, 3.63) is 72.8 Å². The van der Waals surface area contributed by atoms with Crippen LogP contribution in [0.25, 0.3) is 0 Å². The third-order valence-electron chi connectivity index (χ3n) is 4.38. The Morgan fingerprint density at radius 2 is 1.04 bits per heavy atom. The number of para-hydroxylation sites is 6. The molecular weight excluding hydrogens is 318 g/mol. The summed E-state index contributed by atoms with van der Waals surface area (Å²) < 4.78 is 0. The summed E-state index contributed by atoms with van der Waals surface area (Å²) in [6.07, 6.45) is 0. The fraction of sp³-hybridized carbons (Fsp3) is 0.100. The molecule has 122 valence electrons. The van der Waals surface area contributed by atoms with E-state index in [0.29, 0.717) is 0 Å². The van der Waals surface area contributed by atoms with Gasteiger partial charge < -0.3 is 15.1 Å². The van der Waals surface area contributed by atoms with Crippen molar-refractivity contribution in [3.63, 3.8) is 0 Å². The highest BCUT2D eigenvalue weighted by atomic mass is 35.5. The zero-order valence-corrected chi connectivity index (χ0v) is 14.5. The molecule has 1 heterocycles. The van der Waals surface area contributed by atoms with Gasteiger partial charge in [0, 0.05) is 14.1 Å². The molecule has 24 heavy (non-hydrogen) atoms. The van der Waals surface area contributed by atoms with Crippen molar-refractivity contribution in [1.29, 1.82) is 0 Å². The highest BCUT2D eigenvalue weighted by Crippen LogP contribution is 2.51. The van der Waals surface area contributed by atoms with Gasteiger partial charge >= 0.3 is 0 Å². The molecular formula is C20H20ClN3.